The van der Waals surface area contributed by atoms with E-state index >= 15 is 0 Å². The second kappa shape index (κ2) is 6.55. The number of piperidine rings is 1. The molecule has 124 valence electrons. The molecule has 2 fully saturated rings. The van der Waals surface area contributed by atoms with Crippen LogP contribution in [-0.4, -0.2) is 44.2 Å². The average molecular weight is 317 g/mol. The monoisotopic (exact) mass is 316 g/mol. The van der Waals surface area contributed by atoms with Crippen LogP contribution in [0.1, 0.15) is 59.3 Å². The highest BCUT2D eigenvalue weighted by atomic mass is 32.2. The van der Waals surface area contributed by atoms with E-state index in [0.717, 1.165) is 18.8 Å². The number of hydrogen-bond acceptors (Lipinski definition) is 3. The van der Waals surface area contributed by atoms with Crippen LogP contribution in [0.3, 0.4) is 0 Å². The summed E-state index contributed by atoms with van der Waals surface area (Å²) in [4.78, 5) is 0. The minimum absolute atomic E-state index is 0.353. The summed E-state index contributed by atoms with van der Waals surface area (Å²) in [6.07, 6.45) is 8.48. The van der Waals surface area contributed by atoms with Crippen LogP contribution in [0.15, 0.2) is 0 Å². The molecule has 0 aromatic carbocycles. The van der Waals surface area contributed by atoms with Crippen molar-refractivity contribution in [3.8, 4) is 0 Å². The lowest BCUT2D eigenvalue weighted by Gasteiger charge is -2.43. The molecular weight excluding hydrogens is 284 g/mol. The summed E-state index contributed by atoms with van der Waals surface area (Å²) in [7, 11) is -3.01. The van der Waals surface area contributed by atoms with Gasteiger partial charge in [-0.15, -0.1) is 0 Å². The second-order valence-corrected chi connectivity index (χ2v) is 9.95. The Morgan fingerprint density at radius 3 is 2.10 bits per heavy atom. The summed E-state index contributed by atoms with van der Waals surface area (Å²) in [5, 5.41) is 3.86. The van der Waals surface area contributed by atoms with Crippen LogP contribution >= 0.6 is 0 Å². The number of nitrogens with one attached hydrogen (secondary N) is 1. The van der Waals surface area contributed by atoms with Crippen molar-refractivity contribution in [3.63, 3.8) is 0 Å². The average Bonchev–Trinajstić information content (AvgIpc) is 2.37. The first-order chi connectivity index (χ1) is 9.68. The molecule has 0 amide bonds. The molecule has 1 aliphatic carbocycles. The molecule has 21 heavy (non-hydrogen) atoms. The maximum absolute atomic E-state index is 11.6. The van der Waals surface area contributed by atoms with Crippen LogP contribution in [-0.2, 0) is 10.0 Å². The first-order valence-corrected chi connectivity index (χ1v) is 10.2. The van der Waals surface area contributed by atoms with Crippen molar-refractivity contribution in [3.05, 3.63) is 0 Å². The summed E-state index contributed by atoms with van der Waals surface area (Å²) < 4.78 is 24.8. The molecule has 2 atom stereocenters. The quantitative estimate of drug-likeness (QED) is 0.871. The van der Waals surface area contributed by atoms with Gasteiger partial charge in [0.1, 0.15) is 0 Å². The number of sulfonamides is 1. The number of nitrogens with zero attached hydrogens (tertiary/aromatic N) is 1. The molecule has 0 aromatic rings. The van der Waals surface area contributed by atoms with Gasteiger partial charge < -0.3 is 5.32 Å². The fraction of sp³-hybridized carbons (Fsp3) is 1.00. The van der Waals surface area contributed by atoms with Crippen LogP contribution in [0.2, 0.25) is 0 Å². The zero-order chi connectivity index (χ0) is 15.7. The molecule has 2 rings (SSSR count). The summed E-state index contributed by atoms with van der Waals surface area (Å²) >= 11 is 0. The summed E-state index contributed by atoms with van der Waals surface area (Å²) in [6, 6.07) is 1.09. The predicted octanol–water partition coefficient (Wildman–Crippen LogP) is 2.60. The summed E-state index contributed by atoms with van der Waals surface area (Å²) in [6.45, 7) is 8.39. The summed E-state index contributed by atoms with van der Waals surface area (Å²) in [5.74, 6) is 0.735. The lowest BCUT2D eigenvalue weighted by Crippen LogP contribution is -2.52. The molecule has 4 nitrogen and oxygen atoms in total. The van der Waals surface area contributed by atoms with E-state index in [4.69, 9.17) is 0 Å². The van der Waals surface area contributed by atoms with Gasteiger partial charge in [-0.3, -0.25) is 0 Å². The maximum atomic E-state index is 11.6. The lowest BCUT2D eigenvalue weighted by molar-refractivity contribution is 0.115. The van der Waals surface area contributed by atoms with Gasteiger partial charge >= 0.3 is 0 Å². The van der Waals surface area contributed by atoms with E-state index in [1.807, 2.05) is 0 Å². The summed E-state index contributed by atoms with van der Waals surface area (Å²) in [5.41, 5.74) is 0.353. The SMILES string of the molecule is CC(C)(C)C1CCCCC1NC1CCN(S(C)(=O)=O)CC1. The van der Waals surface area contributed by atoms with E-state index in [-0.39, 0.29) is 0 Å². The molecule has 1 saturated heterocycles. The van der Waals surface area contributed by atoms with Gasteiger partial charge in [0.2, 0.25) is 10.0 Å². The molecule has 5 heteroatoms. The molecule has 0 radical (unpaired) electrons. The van der Waals surface area contributed by atoms with E-state index in [0.29, 0.717) is 30.6 Å². The van der Waals surface area contributed by atoms with E-state index < -0.39 is 10.0 Å². The normalized spacial score (nSPS) is 30.5. The van der Waals surface area contributed by atoms with E-state index in [1.165, 1.54) is 31.9 Å². The number of hydrogen-bond donors (Lipinski definition) is 1. The third kappa shape index (κ3) is 4.67. The fourth-order valence-electron chi connectivity index (χ4n) is 4.02. The largest absolute Gasteiger partial charge is 0.311 e. The van der Waals surface area contributed by atoms with Crippen LogP contribution in [0.25, 0.3) is 0 Å². The van der Waals surface area contributed by atoms with Gasteiger partial charge in [-0.05, 0) is 37.0 Å². The minimum atomic E-state index is -3.01. The van der Waals surface area contributed by atoms with E-state index in [1.54, 1.807) is 4.31 Å². The Bertz CT molecular complexity index is 434. The Labute approximate surface area is 130 Å². The molecule has 0 aromatic heterocycles. The van der Waals surface area contributed by atoms with Crippen molar-refractivity contribution >= 4 is 10.0 Å². The van der Waals surface area contributed by atoms with Gasteiger partial charge in [0.25, 0.3) is 0 Å². The van der Waals surface area contributed by atoms with Gasteiger partial charge in [0.05, 0.1) is 6.26 Å². The number of rotatable bonds is 3. The van der Waals surface area contributed by atoms with Crippen molar-refractivity contribution in [2.45, 2.75) is 71.4 Å². The standard InChI is InChI=1S/C16H32N2O2S/c1-16(2,3)14-7-5-6-8-15(14)17-13-9-11-18(12-10-13)21(4,19)20/h13-15,17H,5-12H2,1-4H3. The van der Waals surface area contributed by atoms with Crippen LogP contribution in [0, 0.1) is 11.3 Å². The van der Waals surface area contributed by atoms with E-state index in [2.05, 4.69) is 26.1 Å². The lowest BCUT2D eigenvalue weighted by atomic mass is 9.69. The van der Waals surface area contributed by atoms with Crippen LogP contribution < -0.4 is 5.32 Å². The zero-order valence-corrected chi connectivity index (χ0v) is 14.9. The molecule has 1 N–H and O–H groups in total. The zero-order valence-electron chi connectivity index (χ0n) is 14.1. The van der Waals surface area contributed by atoms with Crippen molar-refractivity contribution in [1.29, 1.82) is 0 Å². The van der Waals surface area contributed by atoms with Crippen LogP contribution in [0.4, 0.5) is 0 Å². The molecule has 1 aliphatic heterocycles. The second-order valence-electron chi connectivity index (χ2n) is 7.97. The highest BCUT2D eigenvalue weighted by Crippen LogP contribution is 2.38. The highest BCUT2D eigenvalue weighted by Gasteiger charge is 2.35. The van der Waals surface area contributed by atoms with Gasteiger partial charge in [0, 0.05) is 25.2 Å². The van der Waals surface area contributed by atoms with Crippen molar-refractivity contribution < 1.29 is 8.42 Å². The molecule has 1 heterocycles. The molecule has 2 aliphatic rings. The Kier molecular flexibility index (Phi) is 5.37. The van der Waals surface area contributed by atoms with Gasteiger partial charge in [-0.2, -0.15) is 0 Å². The minimum Gasteiger partial charge on any atom is -0.311 e. The first kappa shape index (κ1) is 17.2. The molecule has 0 spiro atoms. The maximum Gasteiger partial charge on any atom is 0.211 e. The van der Waals surface area contributed by atoms with Gasteiger partial charge in [0.15, 0.2) is 0 Å². The third-order valence-corrected chi connectivity index (χ3v) is 6.55. The third-order valence-electron chi connectivity index (χ3n) is 5.25. The fourth-order valence-corrected chi connectivity index (χ4v) is 4.90. The predicted molar refractivity (Wildman–Crippen MR) is 87.8 cm³/mol. The van der Waals surface area contributed by atoms with Gasteiger partial charge in [-0.1, -0.05) is 33.6 Å². The van der Waals surface area contributed by atoms with Crippen LogP contribution in [0.5, 0.6) is 0 Å². The smallest absolute Gasteiger partial charge is 0.211 e. The Hall–Kier alpha value is -0.130. The molecule has 1 saturated carbocycles. The highest BCUT2D eigenvalue weighted by molar-refractivity contribution is 7.88. The molecule has 0 bridgehead atoms. The van der Waals surface area contributed by atoms with Gasteiger partial charge in [-0.25, -0.2) is 12.7 Å². The van der Waals surface area contributed by atoms with E-state index in [9.17, 15) is 8.42 Å². The Balaban J connectivity index is 1.90. The Morgan fingerprint density at radius 2 is 1.57 bits per heavy atom. The van der Waals surface area contributed by atoms with Crippen molar-refractivity contribution in [2.75, 3.05) is 19.3 Å². The molecule has 2 unspecified atom stereocenters. The first-order valence-electron chi connectivity index (χ1n) is 8.39. The van der Waals surface area contributed by atoms with Crippen molar-refractivity contribution in [2.24, 2.45) is 11.3 Å². The molecular formula is C16H32N2O2S. The topological polar surface area (TPSA) is 49.4 Å². The Morgan fingerprint density at radius 1 is 1.00 bits per heavy atom. The van der Waals surface area contributed by atoms with Crippen molar-refractivity contribution in [1.82, 2.24) is 9.62 Å².